The highest BCUT2D eigenvalue weighted by Crippen LogP contribution is 2.32. The maximum atomic E-state index is 12.9. The molecular weight excluding hydrogens is 468 g/mol. The molecule has 1 aliphatic carbocycles. The zero-order chi connectivity index (χ0) is 22.1. The van der Waals surface area contributed by atoms with Crippen LogP contribution in [0.4, 0.5) is 17.1 Å². The van der Waals surface area contributed by atoms with Crippen molar-refractivity contribution in [3.8, 4) is 0 Å². The molecule has 2 aromatic carbocycles. The first kappa shape index (κ1) is 21.5. The lowest BCUT2D eigenvalue weighted by molar-refractivity contribution is -0.122. The van der Waals surface area contributed by atoms with Crippen LogP contribution in [0.1, 0.15) is 19.3 Å². The van der Waals surface area contributed by atoms with E-state index in [1.807, 2.05) is 36.4 Å². The lowest BCUT2D eigenvalue weighted by Crippen LogP contribution is -2.47. The van der Waals surface area contributed by atoms with E-state index in [9.17, 15) is 9.59 Å². The lowest BCUT2D eigenvalue weighted by atomic mass is 10.1. The average Bonchev–Trinajstić information content (AvgIpc) is 3.53. The van der Waals surface area contributed by atoms with Crippen molar-refractivity contribution in [2.24, 2.45) is 11.8 Å². The number of anilines is 3. The molecule has 7 heteroatoms. The van der Waals surface area contributed by atoms with Crippen molar-refractivity contribution in [1.82, 2.24) is 4.90 Å². The van der Waals surface area contributed by atoms with Gasteiger partial charge >= 0.3 is 0 Å². The van der Waals surface area contributed by atoms with Crippen molar-refractivity contribution in [3.05, 3.63) is 53.0 Å². The van der Waals surface area contributed by atoms with Crippen molar-refractivity contribution in [2.45, 2.75) is 19.3 Å². The number of carbonyl (C=O) groups excluding carboxylic acids is 2. The van der Waals surface area contributed by atoms with E-state index < -0.39 is 0 Å². The number of hydrogen-bond acceptors (Lipinski definition) is 4. The first-order valence-electron chi connectivity index (χ1n) is 11.5. The highest BCUT2D eigenvalue weighted by atomic mass is 79.9. The first-order valence-corrected chi connectivity index (χ1v) is 12.3. The van der Waals surface area contributed by atoms with Crippen molar-refractivity contribution in [2.75, 3.05) is 54.4 Å². The summed E-state index contributed by atoms with van der Waals surface area (Å²) in [4.78, 5) is 32.2. The number of piperazine rings is 1. The summed E-state index contributed by atoms with van der Waals surface area (Å²) in [5.41, 5.74) is 2.75. The van der Waals surface area contributed by atoms with Crippen LogP contribution in [0.3, 0.4) is 0 Å². The van der Waals surface area contributed by atoms with Crippen LogP contribution in [0.2, 0.25) is 0 Å². The van der Waals surface area contributed by atoms with Crippen LogP contribution in [-0.4, -0.2) is 56.0 Å². The Balaban J connectivity index is 1.19. The molecule has 3 fully saturated rings. The topological polar surface area (TPSA) is 55.9 Å². The molecule has 0 aromatic heterocycles. The van der Waals surface area contributed by atoms with Gasteiger partial charge in [0.05, 0.1) is 11.6 Å². The monoisotopic (exact) mass is 496 g/mol. The standard InChI is InChI=1S/C25H29BrN4O2/c26-22-6-1-2-7-23(22)30-17-19(14-24(30)31)25(32)27-20-4-3-5-21(15-20)29-12-10-28(11-13-29)16-18-8-9-18/h1-7,15,18-19H,8-14,16-17H2,(H,27,32). The number of benzene rings is 2. The minimum absolute atomic E-state index is 0.0186. The summed E-state index contributed by atoms with van der Waals surface area (Å²) in [6.45, 7) is 5.88. The zero-order valence-corrected chi connectivity index (χ0v) is 19.8. The summed E-state index contributed by atoms with van der Waals surface area (Å²) in [6, 6.07) is 15.7. The van der Waals surface area contributed by atoms with Gasteiger partial charge in [0.2, 0.25) is 11.8 Å². The van der Waals surface area contributed by atoms with Crippen LogP contribution in [0.15, 0.2) is 53.0 Å². The third kappa shape index (κ3) is 4.84. The molecule has 6 nitrogen and oxygen atoms in total. The van der Waals surface area contributed by atoms with Crippen molar-refractivity contribution < 1.29 is 9.59 Å². The molecule has 0 spiro atoms. The van der Waals surface area contributed by atoms with Gasteiger partial charge in [-0.2, -0.15) is 0 Å². The number of amides is 2. The lowest BCUT2D eigenvalue weighted by Gasteiger charge is -2.36. The predicted molar refractivity (Wildman–Crippen MR) is 131 cm³/mol. The minimum atomic E-state index is -0.357. The molecule has 2 aliphatic heterocycles. The van der Waals surface area contributed by atoms with E-state index in [0.717, 1.165) is 53.6 Å². The molecule has 2 aromatic rings. The molecule has 1 saturated carbocycles. The second-order valence-electron chi connectivity index (χ2n) is 9.13. The van der Waals surface area contributed by atoms with E-state index in [0.29, 0.717) is 6.54 Å². The zero-order valence-electron chi connectivity index (χ0n) is 18.2. The third-order valence-corrected chi connectivity index (χ3v) is 7.37. The minimum Gasteiger partial charge on any atom is -0.369 e. The van der Waals surface area contributed by atoms with Gasteiger partial charge < -0.3 is 15.1 Å². The van der Waals surface area contributed by atoms with Gasteiger partial charge in [-0.3, -0.25) is 14.5 Å². The van der Waals surface area contributed by atoms with Crippen molar-refractivity contribution in [3.63, 3.8) is 0 Å². The molecule has 0 radical (unpaired) electrons. The highest BCUT2D eigenvalue weighted by molar-refractivity contribution is 9.10. The van der Waals surface area contributed by atoms with Gasteiger partial charge in [0.1, 0.15) is 0 Å². The Morgan fingerprint density at radius 2 is 1.81 bits per heavy atom. The van der Waals surface area contributed by atoms with E-state index in [1.54, 1.807) is 4.90 Å². The normalized spacial score (nSPS) is 21.8. The fourth-order valence-electron chi connectivity index (χ4n) is 4.67. The second-order valence-corrected chi connectivity index (χ2v) is 9.98. The van der Waals surface area contributed by atoms with Gasteiger partial charge in [-0.15, -0.1) is 0 Å². The van der Waals surface area contributed by atoms with Crippen LogP contribution in [0.25, 0.3) is 0 Å². The summed E-state index contributed by atoms with van der Waals surface area (Å²) >= 11 is 3.51. The Kier molecular flexibility index (Phi) is 6.20. The first-order chi connectivity index (χ1) is 15.6. The number of hydrogen-bond donors (Lipinski definition) is 1. The molecule has 1 atom stereocenters. The van der Waals surface area contributed by atoms with Gasteiger partial charge in [0.25, 0.3) is 0 Å². The Hall–Kier alpha value is -2.38. The molecule has 3 aliphatic rings. The molecule has 2 saturated heterocycles. The molecule has 2 amide bonds. The number of nitrogens with one attached hydrogen (secondary N) is 1. The fraction of sp³-hybridized carbons (Fsp3) is 0.440. The molecular formula is C25H29BrN4O2. The number of halogens is 1. The van der Waals surface area contributed by atoms with Crippen LogP contribution in [0.5, 0.6) is 0 Å². The molecule has 0 bridgehead atoms. The van der Waals surface area contributed by atoms with E-state index in [1.165, 1.54) is 19.4 Å². The molecule has 5 rings (SSSR count). The number of para-hydroxylation sites is 1. The smallest absolute Gasteiger partial charge is 0.229 e. The largest absolute Gasteiger partial charge is 0.369 e. The summed E-state index contributed by atoms with van der Waals surface area (Å²) in [5.74, 6) is 0.458. The summed E-state index contributed by atoms with van der Waals surface area (Å²) in [5, 5.41) is 3.05. The van der Waals surface area contributed by atoms with Gasteiger partial charge in [-0.25, -0.2) is 0 Å². The van der Waals surface area contributed by atoms with E-state index >= 15 is 0 Å². The molecule has 1 unspecified atom stereocenters. The summed E-state index contributed by atoms with van der Waals surface area (Å²) in [6.07, 6.45) is 3.03. The summed E-state index contributed by atoms with van der Waals surface area (Å²) < 4.78 is 0.860. The van der Waals surface area contributed by atoms with Gasteiger partial charge in [-0.05, 0) is 65.0 Å². The third-order valence-electron chi connectivity index (χ3n) is 6.70. The van der Waals surface area contributed by atoms with Gasteiger partial charge in [-0.1, -0.05) is 18.2 Å². The SMILES string of the molecule is O=C(Nc1cccc(N2CCN(CC3CC3)CC2)c1)C1CC(=O)N(c2ccccc2Br)C1. The predicted octanol–water partition coefficient (Wildman–Crippen LogP) is 3.97. The highest BCUT2D eigenvalue weighted by Gasteiger charge is 2.36. The maximum absolute atomic E-state index is 12.9. The molecule has 168 valence electrons. The quantitative estimate of drug-likeness (QED) is 0.657. The Morgan fingerprint density at radius 1 is 1.03 bits per heavy atom. The van der Waals surface area contributed by atoms with Crippen molar-refractivity contribution >= 4 is 44.8 Å². The Bertz CT molecular complexity index is 1000. The molecule has 2 heterocycles. The van der Waals surface area contributed by atoms with Crippen LogP contribution in [0, 0.1) is 11.8 Å². The van der Waals surface area contributed by atoms with Crippen LogP contribution < -0.4 is 15.1 Å². The van der Waals surface area contributed by atoms with Crippen LogP contribution in [-0.2, 0) is 9.59 Å². The molecule has 32 heavy (non-hydrogen) atoms. The van der Waals surface area contributed by atoms with E-state index in [4.69, 9.17) is 0 Å². The number of rotatable bonds is 6. The Morgan fingerprint density at radius 3 is 2.56 bits per heavy atom. The van der Waals surface area contributed by atoms with Gasteiger partial charge in [0.15, 0.2) is 0 Å². The fourth-order valence-corrected chi connectivity index (χ4v) is 5.16. The van der Waals surface area contributed by atoms with Crippen LogP contribution >= 0.6 is 15.9 Å². The van der Waals surface area contributed by atoms with Gasteiger partial charge in [0, 0.05) is 61.5 Å². The molecule has 1 N–H and O–H groups in total. The number of nitrogens with zero attached hydrogens (tertiary/aromatic N) is 3. The number of carbonyl (C=O) groups is 2. The van der Waals surface area contributed by atoms with E-state index in [2.05, 4.69) is 43.2 Å². The Labute approximate surface area is 197 Å². The average molecular weight is 497 g/mol. The van der Waals surface area contributed by atoms with E-state index in [-0.39, 0.29) is 24.2 Å². The van der Waals surface area contributed by atoms with Crippen molar-refractivity contribution in [1.29, 1.82) is 0 Å². The second kappa shape index (κ2) is 9.24. The summed E-state index contributed by atoms with van der Waals surface area (Å²) in [7, 11) is 0. The maximum Gasteiger partial charge on any atom is 0.229 e.